The topological polar surface area (TPSA) is 17.1 Å². The van der Waals surface area contributed by atoms with Gasteiger partial charge in [-0.3, -0.25) is 4.79 Å². The largest absolute Gasteiger partial charge is 0.295 e. The van der Waals surface area contributed by atoms with Gasteiger partial charge in [0.05, 0.1) is 0 Å². The van der Waals surface area contributed by atoms with E-state index in [0.717, 1.165) is 6.42 Å². The van der Waals surface area contributed by atoms with Gasteiger partial charge in [0.2, 0.25) is 0 Å². The van der Waals surface area contributed by atoms with Gasteiger partial charge in [-0.15, -0.1) is 0 Å². The minimum atomic E-state index is 0.133. The summed E-state index contributed by atoms with van der Waals surface area (Å²) in [4.78, 5) is 10.8. The van der Waals surface area contributed by atoms with Crippen molar-refractivity contribution in [1.29, 1.82) is 0 Å². The first kappa shape index (κ1) is 12.4. The highest BCUT2D eigenvalue weighted by Crippen LogP contribution is 2.05. The van der Waals surface area contributed by atoms with Crippen LogP contribution in [0.15, 0.2) is 12.2 Å². The molecule has 75 valence electrons. The van der Waals surface area contributed by atoms with Gasteiger partial charge in [-0.05, 0) is 25.8 Å². The Kier molecular flexibility index (Phi) is 9.07. The summed E-state index contributed by atoms with van der Waals surface area (Å²) in [5.74, 6) is 0.133. The predicted molar refractivity (Wildman–Crippen MR) is 57.5 cm³/mol. The molecule has 0 unspecified atom stereocenters. The number of carbonyl (C=O) groups excluding carboxylic acids is 1. The Balaban J connectivity index is 3.15. The summed E-state index contributed by atoms with van der Waals surface area (Å²) in [6, 6.07) is 0. The Morgan fingerprint density at radius 2 is 1.92 bits per heavy atom. The van der Waals surface area contributed by atoms with Gasteiger partial charge in [0.25, 0.3) is 0 Å². The smallest absolute Gasteiger partial charge is 0.155 e. The third kappa shape index (κ3) is 9.32. The molecule has 0 aliphatic heterocycles. The molecule has 0 fully saturated rings. The number of rotatable bonds is 8. The first-order chi connectivity index (χ1) is 6.31. The fraction of sp³-hybridized carbons (Fsp3) is 0.667. The van der Waals surface area contributed by atoms with E-state index < -0.39 is 0 Å². The normalized spacial score (nSPS) is 10.9. The minimum Gasteiger partial charge on any atom is -0.295 e. The van der Waals surface area contributed by atoms with E-state index in [1.54, 1.807) is 6.08 Å². The lowest BCUT2D eigenvalue weighted by Gasteiger charge is -1.95. The zero-order valence-electron chi connectivity index (χ0n) is 8.72. The number of hydrogen-bond acceptors (Lipinski definition) is 1. The van der Waals surface area contributed by atoms with E-state index in [1.165, 1.54) is 32.1 Å². The van der Waals surface area contributed by atoms with Crippen molar-refractivity contribution in [2.75, 3.05) is 0 Å². The van der Waals surface area contributed by atoms with Crippen LogP contribution in [0.4, 0.5) is 0 Å². The molecule has 0 N–H and O–H groups in total. The Bertz CT molecular complexity index is 147. The van der Waals surface area contributed by atoms with Gasteiger partial charge in [-0.2, -0.15) is 0 Å². The third-order valence-corrected chi connectivity index (χ3v) is 2.02. The van der Waals surface area contributed by atoms with E-state index in [9.17, 15) is 4.79 Å². The summed E-state index contributed by atoms with van der Waals surface area (Å²) in [6.07, 6.45) is 11.5. The molecule has 1 radical (unpaired) electrons. The van der Waals surface area contributed by atoms with Crippen molar-refractivity contribution < 1.29 is 4.79 Å². The number of unbranched alkanes of at least 4 members (excludes halogenated alkanes) is 5. The van der Waals surface area contributed by atoms with Crippen molar-refractivity contribution >= 4 is 5.78 Å². The molecule has 0 bridgehead atoms. The van der Waals surface area contributed by atoms with E-state index in [1.807, 2.05) is 6.08 Å². The van der Waals surface area contributed by atoms with Crippen LogP contribution in [0.1, 0.15) is 51.9 Å². The van der Waals surface area contributed by atoms with Crippen molar-refractivity contribution in [2.24, 2.45) is 0 Å². The van der Waals surface area contributed by atoms with Gasteiger partial charge < -0.3 is 0 Å². The first-order valence-electron chi connectivity index (χ1n) is 5.30. The van der Waals surface area contributed by atoms with E-state index in [-0.39, 0.29) is 5.78 Å². The van der Waals surface area contributed by atoms with Crippen LogP contribution in [0.3, 0.4) is 0 Å². The molecule has 0 spiro atoms. The van der Waals surface area contributed by atoms with Gasteiger partial charge >= 0.3 is 0 Å². The molecule has 0 heterocycles. The third-order valence-electron chi connectivity index (χ3n) is 2.02. The molecule has 0 amide bonds. The standard InChI is InChI=1S/C12H21O/c1-3-5-6-7-8-9-10-11-12(13)4-2/h10-11H,2-9H2,1H3. The van der Waals surface area contributed by atoms with E-state index in [2.05, 4.69) is 13.8 Å². The lowest BCUT2D eigenvalue weighted by molar-refractivity contribution is -0.113. The highest BCUT2D eigenvalue weighted by molar-refractivity contribution is 5.89. The highest BCUT2D eigenvalue weighted by atomic mass is 16.1. The predicted octanol–water partition coefficient (Wildman–Crippen LogP) is 3.70. The van der Waals surface area contributed by atoms with Crippen LogP contribution < -0.4 is 0 Å². The molecular weight excluding hydrogens is 160 g/mol. The van der Waals surface area contributed by atoms with Gasteiger partial charge in [0.15, 0.2) is 5.78 Å². The zero-order chi connectivity index (χ0) is 9.94. The molecule has 13 heavy (non-hydrogen) atoms. The fourth-order valence-corrected chi connectivity index (χ4v) is 1.16. The van der Waals surface area contributed by atoms with Crippen molar-refractivity contribution in [2.45, 2.75) is 51.9 Å². The minimum absolute atomic E-state index is 0.133. The summed E-state index contributed by atoms with van der Waals surface area (Å²) in [6.45, 7) is 5.74. The average Bonchev–Trinajstić information content (AvgIpc) is 2.16. The summed E-state index contributed by atoms with van der Waals surface area (Å²) >= 11 is 0. The Morgan fingerprint density at radius 3 is 2.54 bits per heavy atom. The van der Waals surface area contributed by atoms with Crippen LogP contribution in [0.25, 0.3) is 0 Å². The molecular formula is C12H21O. The second-order valence-corrected chi connectivity index (χ2v) is 3.32. The van der Waals surface area contributed by atoms with Crippen molar-refractivity contribution in [1.82, 2.24) is 0 Å². The average molecular weight is 181 g/mol. The number of hydrogen-bond donors (Lipinski definition) is 0. The maximum absolute atomic E-state index is 10.8. The van der Waals surface area contributed by atoms with Crippen LogP contribution >= 0.6 is 0 Å². The van der Waals surface area contributed by atoms with Gasteiger partial charge in [-0.1, -0.05) is 38.7 Å². The van der Waals surface area contributed by atoms with Crippen LogP contribution in [0.5, 0.6) is 0 Å². The van der Waals surface area contributed by atoms with Gasteiger partial charge in [0, 0.05) is 6.42 Å². The maximum Gasteiger partial charge on any atom is 0.155 e. The molecule has 1 heteroatoms. The lowest BCUT2D eigenvalue weighted by atomic mass is 10.1. The summed E-state index contributed by atoms with van der Waals surface area (Å²) in [5, 5.41) is 0. The molecule has 1 nitrogen and oxygen atoms in total. The first-order valence-corrected chi connectivity index (χ1v) is 5.30. The molecule has 0 atom stereocenters. The lowest BCUT2D eigenvalue weighted by Crippen LogP contribution is -1.87. The zero-order valence-corrected chi connectivity index (χ0v) is 8.72. The van der Waals surface area contributed by atoms with Crippen molar-refractivity contribution in [3.63, 3.8) is 0 Å². The summed E-state index contributed by atoms with van der Waals surface area (Å²) < 4.78 is 0. The summed E-state index contributed by atoms with van der Waals surface area (Å²) in [7, 11) is 0. The second-order valence-electron chi connectivity index (χ2n) is 3.32. The SMILES string of the molecule is [CH2]CC(=O)C=CCCCCCCC. The maximum atomic E-state index is 10.8. The van der Waals surface area contributed by atoms with E-state index in [4.69, 9.17) is 0 Å². The monoisotopic (exact) mass is 181 g/mol. The van der Waals surface area contributed by atoms with Crippen LogP contribution in [-0.4, -0.2) is 5.78 Å². The van der Waals surface area contributed by atoms with E-state index >= 15 is 0 Å². The molecule has 0 aromatic carbocycles. The van der Waals surface area contributed by atoms with E-state index in [0.29, 0.717) is 6.42 Å². The quantitative estimate of drug-likeness (QED) is 0.412. The molecule has 0 aliphatic carbocycles. The number of carbonyl (C=O) groups is 1. The van der Waals surface area contributed by atoms with Gasteiger partial charge in [-0.25, -0.2) is 0 Å². The molecule has 0 rings (SSSR count). The Morgan fingerprint density at radius 1 is 1.23 bits per heavy atom. The van der Waals surface area contributed by atoms with Gasteiger partial charge in [0.1, 0.15) is 0 Å². The van der Waals surface area contributed by atoms with Crippen molar-refractivity contribution in [3.05, 3.63) is 19.1 Å². The number of allylic oxidation sites excluding steroid dienone is 2. The summed E-state index contributed by atoms with van der Waals surface area (Å²) in [5.41, 5.74) is 0. The molecule has 0 aromatic rings. The fourth-order valence-electron chi connectivity index (χ4n) is 1.16. The van der Waals surface area contributed by atoms with Crippen LogP contribution in [-0.2, 0) is 4.79 Å². The van der Waals surface area contributed by atoms with Crippen molar-refractivity contribution in [3.8, 4) is 0 Å². The molecule has 0 aliphatic rings. The molecule has 0 saturated heterocycles. The Labute approximate surface area is 82.2 Å². The molecule has 0 saturated carbocycles. The molecule has 0 aromatic heterocycles. The highest BCUT2D eigenvalue weighted by Gasteiger charge is 1.89. The number of ketones is 1. The Hall–Kier alpha value is -0.590. The second kappa shape index (κ2) is 9.50. The van der Waals surface area contributed by atoms with Crippen LogP contribution in [0, 0.1) is 6.92 Å². The van der Waals surface area contributed by atoms with Crippen LogP contribution in [0.2, 0.25) is 0 Å².